The highest BCUT2D eigenvalue weighted by Crippen LogP contribution is 2.30. The first kappa shape index (κ1) is 21.0. The van der Waals surface area contributed by atoms with Crippen LogP contribution >= 0.6 is 0 Å². The second-order valence-electron chi connectivity index (χ2n) is 8.06. The van der Waals surface area contributed by atoms with Crippen molar-refractivity contribution >= 4 is 22.8 Å². The van der Waals surface area contributed by atoms with Crippen molar-refractivity contribution in [3.05, 3.63) is 65.4 Å². The Hall–Kier alpha value is -3.91. The Morgan fingerprint density at radius 3 is 2.55 bits per heavy atom. The van der Waals surface area contributed by atoms with Crippen LogP contribution in [0, 0.1) is 13.8 Å². The van der Waals surface area contributed by atoms with Crippen molar-refractivity contribution in [2.24, 2.45) is 0 Å². The van der Waals surface area contributed by atoms with E-state index in [1.807, 2.05) is 13.0 Å². The van der Waals surface area contributed by atoms with E-state index < -0.39 is 5.97 Å². The topological polar surface area (TPSA) is 101 Å². The van der Waals surface area contributed by atoms with Crippen molar-refractivity contribution in [1.82, 2.24) is 15.0 Å². The van der Waals surface area contributed by atoms with Gasteiger partial charge in [0.2, 0.25) is 0 Å². The molecular formula is C25H24N4O4. The van der Waals surface area contributed by atoms with Gasteiger partial charge in [0.1, 0.15) is 5.75 Å². The summed E-state index contributed by atoms with van der Waals surface area (Å²) in [5.74, 6) is -0.600. The van der Waals surface area contributed by atoms with Crippen LogP contribution < -0.4 is 9.64 Å². The fraction of sp³-hybridized carbons (Fsp3) is 0.240. The number of carboxylic acid groups (broad SMARTS) is 1. The lowest BCUT2D eigenvalue weighted by Crippen LogP contribution is -2.36. The van der Waals surface area contributed by atoms with Crippen LogP contribution in [0.1, 0.15) is 21.6 Å². The molecule has 1 fully saturated rings. The minimum atomic E-state index is -0.996. The molecule has 0 spiro atoms. The lowest BCUT2D eigenvalue weighted by molar-refractivity contribution is 0.0695. The number of benzene rings is 2. The highest BCUT2D eigenvalue weighted by Gasteiger charge is 2.15. The molecule has 0 radical (unpaired) electrons. The number of pyridine rings is 1. The van der Waals surface area contributed by atoms with Crippen LogP contribution in [0.25, 0.3) is 22.3 Å². The van der Waals surface area contributed by atoms with Gasteiger partial charge in [-0.15, -0.1) is 0 Å². The summed E-state index contributed by atoms with van der Waals surface area (Å²) in [6.07, 6.45) is 0. The van der Waals surface area contributed by atoms with Gasteiger partial charge in [0, 0.05) is 30.0 Å². The number of anilines is 1. The number of morpholine rings is 1. The maximum absolute atomic E-state index is 11.4. The van der Waals surface area contributed by atoms with Crippen LogP contribution in [-0.4, -0.2) is 52.3 Å². The molecule has 8 nitrogen and oxygen atoms in total. The molecule has 0 aliphatic carbocycles. The summed E-state index contributed by atoms with van der Waals surface area (Å²) in [7, 11) is 0. The molecule has 0 saturated carbocycles. The van der Waals surface area contributed by atoms with Gasteiger partial charge in [-0.3, -0.25) is 0 Å². The smallest absolute Gasteiger partial charge is 0.336 e. The molecule has 1 saturated heterocycles. The molecular weight excluding hydrogens is 420 g/mol. The van der Waals surface area contributed by atoms with Gasteiger partial charge in [-0.1, -0.05) is 18.2 Å². The number of fused-ring (bicyclic) bond motifs is 1. The van der Waals surface area contributed by atoms with Gasteiger partial charge in [-0.2, -0.15) is 4.98 Å². The summed E-state index contributed by atoms with van der Waals surface area (Å²) < 4.78 is 11.2. The minimum absolute atomic E-state index is 0.195. The average Bonchev–Trinajstić information content (AvgIpc) is 3.21. The SMILES string of the molecule is Cc1ccc(Oc2nc3nc(C)c(-c4ccc(N5CCOCC5)cc4)cc3[nH]2)cc1C(=O)O. The number of carboxylic acids is 1. The monoisotopic (exact) mass is 444 g/mol. The van der Waals surface area contributed by atoms with E-state index in [2.05, 4.69) is 44.1 Å². The van der Waals surface area contributed by atoms with Gasteiger partial charge in [0.25, 0.3) is 0 Å². The van der Waals surface area contributed by atoms with E-state index in [9.17, 15) is 9.90 Å². The van der Waals surface area contributed by atoms with E-state index in [-0.39, 0.29) is 11.6 Å². The number of hydrogen-bond acceptors (Lipinski definition) is 6. The van der Waals surface area contributed by atoms with Crippen LogP contribution in [-0.2, 0) is 4.74 Å². The summed E-state index contributed by atoms with van der Waals surface area (Å²) in [5, 5.41) is 9.33. The Labute approximate surface area is 190 Å². The molecule has 0 unspecified atom stereocenters. The molecule has 4 aromatic rings. The number of carbonyl (C=O) groups is 1. The van der Waals surface area contributed by atoms with Gasteiger partial charge in [-0.25, -0.2) is 9.78 Å². The van der Waals surface area contributed by atoms with Crippen molar-refractivity contribution in [2.45, 2.75) is 13.8 Å². The Kier molecular flexibility index (Phi) is 5.43. The number of hydrogen-bond donors (Lipinski definition) is 2. The van der Waals surface area contributed by atoms with E-state index in [4.69, 9.17) is 9.47 Å². The van der Waals surface area contributed by atoms with Crippen LogP contribution in [0.3, 0.4) is 0 Å². The van der Waals surface area contributed by atoms with Crippen molar-refractivity contribution in [3.63, 3.8) is 0 Å². The molecule has 0 amide bonds. The van der Waals surface area contributed by atoms with Crippen molar-refractivity contribution in [3.8, 4) is 22.9 Å². The summed E-state index contributed by atoms with van der Waals surface area (Å²) in [5.41, 5.74) is 6.28. The van der Waals surface area contributed by atoms with Crippen molar-refractivity contribution in [2.75, 3.05) is 31.2 Å². The predicted molar refractivity (Wildman–Crippen MR) is 125 cm³/mol. The molecule has 2 N–H and O–H groups in total. The van der Waals surface area contributed by atoms with E-state index in [0.29, 0.717) is 17.0 Å². The number of aryl methyl sites for hydroxylation is 2. The highest BCUT2D eigenvalue weighted by molar-refractivity contribution is 5.89. The fourth-order valence-corrected chi connectivity index (χ4v) is 4.03. The lowest BCUT2D eigenvalue weighted by atomic mass is 10.0. The van der Waals surface area contributed by atoms with Crippen molar-refractivity contribution < 1.29 is 19.4 Å². The molecule has 1 aliphatic heterocycles. The third-order valence-electron chi connectivity index (χ3n) is 5.85. The number of nitrogens with one attached hydrogen (secondary N) is 1. The predicted octanol–water partition coefficient (Wildman–Crippen LogP) is 4.57. The molecule has 1 aliphatic rings. The molecule has 5 rings (SSSR count). The summed E-state index contributed by atoms with van der Waals surface area (Å²) in [6.45, 7) is 7.02. The number of rotatable bonds is 5. The average molecular weight is 444 g/mol. The van der Waals surface area contributed by atoms with Crippen molar-refractivity contribution in [1.29, 1.82) is 0 Å². The second-order valence-corrected chi connectivity index (χ2v) is 8.06. The maximum atomic E-state index is 11.4. The third kappa shape index (κ3) is 4.25. The van der Waals surface area contributed by atoms with Gasteiger partial charge in [0.15, 0.2) is 5.65 Å². The molecule has 2 aromatic carbocycles. The zero-order valence-corrected chi connectivity index (χ0v) is 18.5. The zero-order valence-electron chi connectivity index (χ0n) is 18.5. The summed E-state index contributed by atoms with van der Waals surface area (Å²) in [6, 6.07) is 15.7. The molecule has 33 heavy (non-hydrogen) atoms. The van der Waals surface area contributed by atoms with E-state index in [0.717, 1.165) is 48.6 Å². The first-order valence-corrected chi connectivity index (χ1v) is 10.8. The Balaban J connectivity index is 1.41. The van der Waals surface area contributed by atoms with Gasteiger partial charge >= 0.3 is 12.0 Å². The van der Waals surface area contributed by atoms with E-state index >= 15 is 0 Å². The number of nitrogens with zero attached hydrogens (tertiary/aromatic N) is 3. The first-order valence-electron chi connectivity index (χ1n) is 10.8. The normalized spacial score (nSPS) is 13.9. The van der Waals surface area contributed by atoms with E-state index in [1.54, 1.807) is 19.1 Å². The maximum Gasteiger partial charge on any atom is 0.336 e. The first-order chi connectivity index (χ1) is 16.0. The number of aromatic nitrogens is 3. The molecule has 2 aromatic heterocycles. The second kappa shape index (κ2) is 8.55. The van der Waals surface area contributed by atoms with Crippen LogP contribution in [0.15, 0.2) is 48.5 Å². The highest BCUT2D eigenvalue weighted by atomic mass is 16.5. The summed E-state index contributed by atoms with van der Waals surface area (Å²) in [4.78, 5) is 25.9. The quantitative estimate of drug-likeness (QED) is 0.465. The standard InChI is InChI=1S/C25H24N4O4/c1-15-3-8-19(13-20(15)24(30)31)33-25-27-22-14-21(16(2)26-23(22)28-25)17-4-6-18(7-5-17)29-9-11-32-12-10-29/h3-8,13-14H,9-12H2,1-2H3,(H,30,31)(H,26,27,28). The van der Waals surface area contributed by atoms with Crippen LogP contribution in [0.4, 0.5) is 5.69 Å². The van der Waals surface area contributed by atoms with Crippen LogP contribution in [0.2, 0.25) is 0 Å². The Bertz CT molecular complexity index is 1320. The molecule has 168 valence electrons. The van der Waals surface area contributed by atoms with E-state index in [1.165, 1.54) is 11.8 Å². The lowest BCUT2D eigenvalue weighted by Gasteiger charge is -2.29. The van der Waals surface area contributed by atoms with Gasteiger partial charge in [-0.05, 0) is 55.3 Å². The Morgan fingerprint density at radius 1 is 1.06 bits per heavy atom. The largest absolute Gasteiger partial charge is 0.478 e. The van der Waals surface area contributed by atoms with Crippen LogP contribution in [0.5, 0.6) is 11.8 Å². The number of aromatic carboxylic acids is 1. The third-order valence-corrected chi connectivity index (χ3v) is 5.85. The number of imidazole rings is 1. The minimum Gasteiger partial charge on any atom is -0.478 e. The molecule has 0 bridgehead atoms. The fourth-order valence-electron chi connectivity index (χ4n) is 4.03. The summed E-state index contributed by atoms with van der Waals surface area (Å²) >= 11 is 0. The number of aromatic amines is 1. The van der Waals surface area contributed by atoms with Gasteiger partial charge < -0.3 is 24.5 Å². The number of H-pyrrole nitrogens is 1. The molecule has 3 heterocycles. The van der Waals surface area contributed by atoms with Gasteiger partial charge in [0.05, 0.1) is 24.3 Å². The molecule has 8 heteroatoms. The number of ether oxygens (including phenoxy) is 2. The zero-order chi connectivity index (χ0) is 22.9. The Morgan fingerprint density at radius 2 is 1.82 bits per heavy atom. The molecule has 0 atom stereocenters.